The summed E-state index contributed by atoms with van der Waals surface area (Å²) < 4.78 is 0. The quantitative estimate of drug-likeness (QED) is 0.538. The lowest BCUT2D eigenvalue weighted by atomic mass is 9.96. The number of piperidine rings is 1. The highest BCUT2D eigenvalue weighted by Gasteiger charge is 2.31. The van der Waals surface area contributed by atoms with Crippen LogP contribution in [-0.4, -0.2) is 45.9 Å². The van der Waals surface area contributed by atoms with Gasteiger partial charge in [-0.25, -0.2) is 0 Å². The summed E-state index contributed by atoms with van der Waals surface area (Å²) in [5.74, 6) is -1.23. The molecule has 1 aromatic heterocycles. The van der Waals surface area contributed by atoms with Gasteiger partial charge in [0.1, 0.15) is 0 Å². The number of halogens is 1. The number of benzene rings is 2. The van der Waals surface area contributed by atoms with Crippen molar-refractivity contribution in [1.82, 2.24) is 15.1 Å². The standard InChI is InChI=1S/C24H24ClN5O3S/c1-14-8-9-15(2)19(11-14)27-20(31)16-5-4-10-30(13-16)24(33)23-29-28-22(34-23)21(32)26-18-7-3-6-17(25)12-18/h3,6-9,11-12,16H,4-5,10,13H2,1-2H3,(H,26,32)(H,27,31). The van der Waals surface area contributed by atoms with Gasteiger partial charge in [0.25, 0.3) is 11.8 Å². The van der Waals surface area contributed by atoms with Crippen molar-refractivity contribution in [1.29, 1.82) is 0 Å². The third-order valence-electron chi connectivity index (χ3n) is 5.62. The van der Waals surface area contributed by atoms with Crippen LogP contribution in [0.15, 0.2) is 42.5 Å². The van der Waals surface area contributed by atoms with Crippen LogP contribution in [0.2, 0.25) is 5.02 Å². The van der Waals surface area contributed by atoms with Gasteiger partial charge in [-0.1, -0.05) is 41.1 Å². The van der Waals surface area contributed by atoms with Gasteiger partial charge in [-0.15, -0.1) is 10.2 Å². The average molecular weight is 498 g/mol. The molecule has 0 bridgehead atoms. The van der Waals surface area contributed by atoms with E-state index in [1.165, 1.54) is 0 Å². The second-order valence-corrected chi connectivity index (χ2v) is 9.69. The van der Waals surface area contributed by atoms with E-state index in [1.54, 1.807) is 29.2 Å². The number of carbonyl (C=O) groups is 3. The van der Waals surface area contributed by atoms with E-state index >= 15 is 0 Å². The second kappa shape index (κ2) is 10.3. The summed E-state index contributed by atoms with van der Waals surface area (Å²) in [7, 11) is 0. The normalized spacial score (nSPS) is 15.6. The third-order valence-corrected chi connectivity index (χ3v) is 6.76. The molecule has 1 atom stereocenters. The number of carbonyl (C=O) groups excluding carboxylic acids is 3. The van der Waals surface area contributed by atoms with Crippen molar-refractivity contribution < 1.29 is 14.4 Å². The maximum Gasteiger partial charge on any atom is 0.286 e. The van der Waals surface area contributed by atoms with E-state index in [4.69, 9.17) is 11.6 Å². The highest BCUT2D eigenvalue weighted by Crippen LogP contribution is 2.24. The number of aromatic nitrogens is 2. The maximum atomic E-state index is 13.0. The van der Waals surface area contributed by atoms with Crippen LogP contribution in [0.1, 0.15) is 43.6 Å². The van der Waals surface area contributed by atoms with E-state index in [-0.39, 0.29) is 27.7 Å². The Hall–Kier alpha value is -3.30. The Labute approximate surface area is 206 Å². The molecule has 1 aliphatic heterocycles. The number of aryl methyl sites for hydroxylation is 2. The molecule has 2 aromatic carbocycles. The summed E-state index contributed by atoms with van der Waals surface area (Å²) in [6.07, 6.45) is 1.40. The zero-order valence-corrected chi connectivity index (χ0v) is 20.4. The number of nitrogens with zero attached hydrogens (tertiary/aromatic N) is 3. The van der Waals surface area contributed by atoms with Crippen LogP contribution in [0.4, 0.5) is 11.4 Å². The molecule has 4 rings (SSSR count). The Kier molecular flexibility index (Phi) is 7.23. The third kappa shape index (κ3) is 5.60. The number of hydrogen-bond acceptors (Lipinski definition) is 6. The lowest BCUT2D eigenvalue weighted by molar-refractivity contribution is -0.121. The molecule has 3 amide bonds. The molecule has 0 saturated carbocycles. The fourth-order valence-corrected chi connectivity index (χ4v) is 4.67. The van der Waals surface area contributed by atoms with Gasteiger partial charge in [0.2, 0.25) is 15.9 Å². The first-order valence-corrected chi connectivity index (χ1v) is 12.1. The van der Waals surface area contributed by atoms with Crippen molar-refractivity contribution in [3.8, 4) is 0 Å². The summed E-state index contributed by atoms with van der Waals surface area (Å²) in [4.78, 5) is 40.0. The molecule has 176 valence electrons. The summed E-state index contributed by atoms with van der Waals surface area (Å²) in [6, 6.07) is 12.6. The van der Waals surface area contributed by atoms with Gasteiger partial charge in [0, 0.05) is 29.5 Å². The average Bonchev–Trinajstić information content (AvgIpc) is 3.31. The molecule has 1 fully saturated rings. The van der Waals surface area contributed by atoms with Crippen LogP contribution in [0.25, 0.3) is 0 Å². The predicted molar refractivity (Wildman–Crippen MR) is 132 cm³/mol. The van der Waals surface area contributed by atoms with E-state index in [0.29, 0.717) is 36.6 Å². The lowest BCUT2D eigenvalue weighted by Gasteiger charge is -2.31. The largest absolute Gasteiger partial charge is 0.336 e. The molecule has 0 spiro atoms. The number of likely N-dealkylation sites (tertiary alicyclic amines) is 1. The molecule has 0 aliphatic carbocycles. The zero-order chi connectivity index (χ0) is 24.2. The van der Waals surface area contributed by atoms with Crippen molar-refractivity contribution in [2.75, 3.05) is 23.7 Å². The van der Waals surface area contributed by atoms with Crippen LogP contribution >= 0.6 is 22.9 Å². The Morgan fingerprint density at radius 1 is 1.06 bits per heavy atom. The Morgan fingerprint density at radius 3 is 2.65 bits per heavy atom. The fourth-order valence-electron chi connectivity index (χ4n) is 3.77. The maximum absolute atomic E-state index is 13.0. The molecule has 8 nitrogen and oxygen atoms in total. The first-order chi connectivity index (χ1) is 16.3. The van der Waals surface area contributed by atoms with Crippen LogP contribution < -0.4 is 10.6 Å². The van der Waals surface area contributed by atoms with Crippen molar-refractivity contribution in [2.24, 2.45) is 5.92 Å². The molecular weight excluding hydrogens is 474 g/mol. The van der Waals surface area contributed by atoms with E-state index in [1.807, 2.05) is 32.0 Å². The van der Waals surface area contributed by atoms with Gasteiger partial charge in [0.15, 0.2) is 0 Å². The van der Waals surface area contributed by atoms with Crippen molar-refractivity contribution in [3.05, 3.63) is 68.6 Å². The number of amides is 3. The minimum absolute atomic E-state index is 0.0737. The molecular formula is C24H24ClN5O3S. The van der Waals surface area contributed by atoms with Gasteiger partial charge in [-0.2, -0.15) is 0 Å². The number of rotatable bonds is 5. The van der Waals surface area contributed by atoms with Crippen LogP contribution in [0.5, 0.6) is 0 Å². The minimum atomic E-state index is -0.469. The monoisotopic (exact) mass is 497 g/mol. The zero-order valence-electron chi connectivity index (χ0n) is 18.8. The summed E-state index contributed by atoms with van der Waals surface area (Å²) in [6.45, 7) is 4.73. The molecule has 10 heteroatoms. The molecule has 2 N–H and O–H groups in total. The number of hydrogen-bond donors (Lipinski definition) is 2. The first-order valence-electron chi connectivity index (χ1n) is 10.9. The van der Waals surface area contributed by atoms with E-state index in [9.17, 15) is 14.4 Å². The van der Waals surface area contributed by atoms with E-state index < -0.39 is 5.91 Å². The molecule has 2 heterocycles. The summed E-state index contributed by atoms with van der Waals surface area (Å²) >= 11 is 6.87. The molecule has 34 heavy (non-hydrogen) atoms. The predicted octanol–water partition coefficient (Wildman–Crippen LogP) is 4.55. The van der Waals surface area contributed by atoms with Crippen molar-refractivity contribution in [3.63, 3.8) is 0 Å². The highest BCUT2D eigenvalue weighted by atomic mass is 35.5. The number of nitrogens with one attached hydrogen (secondary N) is 2. The minimum Gasteiger partial charge on any atom is -0.336 e. The number of anilines is 2. The molecule has 1 aliphatic rings. The SMILES string of the molecule is Cc1ccc(C)c(NC(=O)C2CCCN(C(=O)c3nnc(C(=O)Nc4cccc(Cl)c4)s3)C2)c1. The highest BCUT2D eigenvalue weighted by molar-refractivity contribution is 7.15. The Balaban J connectivity index is 1.39. The van der Waals surface area contributed by atoms with Gasteiger partial charge in [-0.05, 0) is 62.1 Å². The van der Waals surface area contributed by atoms with Gasteiger partial charge < -0.3 is 15.5 Å². The van der Waals surface area contributed by atoms with Crippen LogP contribution in [0, 0.1) is 19.8 Å². The van der Waals surface area contributed by atoms with Crippen LogP contribution in [0.3, 0.4) is 0 Å². The van der Waals surface area contributed by atoms with Crippen molar-refractivity contribution >= 4 is 52.0 Å². The Bertz CT molecular complexity index is 1240. The first kappa shape index (κ1) is 23.8. The van der Waals surface area contributed by atoms with Crippen LogP contribution in [-0.2, 0) is 4.79 Å². The van der Waals surface area contributed by atoms with E-state index in [0.717, 1.165) is 28.2 Å². The Morgan fingerprint density at radius 2 is 1.85 bits per heavy atom. The summed E-state index contributed by atoms with van der Waals surface area (Å²) in [5.41, 5.74) is 3.36. The molecule has 1 unspecified atom stereocenters. The molecule has 0 radical (unpaired) electrons. The topological polar surface area (TPSA) is 104 Å². The van der Waals surface area contributed by atoms with Crippen molar-refractivity contribution in [2.45, 2.75) is 26.7 Å². The van der Waals surface area contributed by atoms with Gasteiger partial charge in [-0.3, -0.25) is 14.4 Å². The van der Waals surface area contributed by atoms with E-state index in [2.05, 4.69) is 20.8 Å². The van der Waals surface area contributed by atoms with Gasteiger partial charge in [0.05, 0.1) is 5.92 Å². The lowest BCUT2D eigenvalue weighted by Crippen LogP contribution is -2.43. The smallest absolute Gasteiger partial charge is 0.286 e. The molecule has 3 aromatic rings. The second-order valence-electron chi connectivity index (χ2n) is 8.27. The fraction of sp³-hybridized carbons (Fsp3) is 0.292. The van der Waals surface area contributed by atoms with Gasteiger partial charge >= 0.3 is 0 Å². The molecule has 1 saturated heterocycles. The summed E-state index contributed by atoms with van der Waals surface area (Å²) in [5, 5.41) is 14.2.